The van der Waals surface area contributed by atoms with Gasteiger partial charge in [0.05, 0.1) is 16.5 Å². The van der Waals surface area contributed by atoms with Gasteiger partial charge in [0.2, 0.25) is 5.82 Å². The predicted octanol–water partition coefficient (Wildman–Crippen LogP) is 1.42. The lowest BCUT2D eigenvalue weighted by atomic mass is 10.0. The lowest BCUT2D eigenvalue weighted by molar-refractivity contribution is -0.384. The SMILES string of the molecule is N#Cc1cnc(N2CCCCC2C=O)c([N+](=O)[O-])c1. The van der Waals surface area contributed by atoms with Crippen molar-refractivity contribution in [3.8, 4) is 6.07 Å². The normalized spacial score (nSPS) is 18.7. The minimum Gasteiger partial charge on any atom is -0.341 e. The molecule has 0 aliphatic carbocycles. The van der Waals surface area contributed by atoms with E-state index in [2.05, 4.69) is 4.98 Å². The lowest BCUT2D eigenvalue weighted by Crippen LogP contribution is -2.41. The fraction of sp³-hybridized carbons (Fsp3) is 0.417. The number of hydrogen-bond acceptors (Lipinski definition) is 6. The molecule has 0 radical (unpaired) electrons. The monoisotopic (exact) mass is 260 g/mol. The molecule has 98 valence electrons. The van der Waals surface area contributed by atoms with Crippen molar-refractivity contribution in [2.45, 2.75) is 25.3 Å². The Balaban J connectivity index is 2.45. The molecule has 0 amide bonds. The van der Waals surface area contributed by atoms with Crippen LogP contribution in [0.15, 0.2) is 12.3 Å². The van der Waals surface area contributed by atoms with Crippen LogP contribution in [0.5, 0.6) is 0 Å². The molecule has 0 bridgehead atoms. The largest absolute Gasteiger partial charge is 0.341 e. The number of aromatic nitrogens is 1. The van der Waals surface area contributed by atoms with E-state index in [1.165, 1.54) is 12.3 Å². The first kappa shape index (κ1) is 13.0. The first-order valence-corrected chi connectivity index (χ1v) is 5.94. The van der Waals surface area contributed by atoms with E-state index in [9.17, 15) is 14.9 Å². The fourth-order valence-electron chi connectivity index (χ4n) is 2.22. The average molecular weight is 260 g/mol. The molecule has 2 rings (SSSR count). The second-order valence-electron chi connectivity index (χ2n) is 4.33. The highest BCUT2D eigenvalue weighted by Gasteiger charge is 2.29. The summed E-state index contributed by atoms with van der Waals surface area (Å²) in [6, 6.07) is 2.63. The molecule has 0 spiro atoms. The molecule has 2 heterocycles. The molecule has 1 fully saturated rings. The highest BCUT2D eigenvalue weighted by Crippen LogP contribution is 2.30. The number of carbonyl (C=O) groups excluding carboxylic acids is 1. The zero-order chi connectivity index (χ0) is 13.8. The maximum atomic E-state index is 11.1. The van der Waals surface area contributed by atoms with Crippen molar-refractivity contribution in [2.24, 2.45) is 0 Å². The van der Waals surface area contributed by atoms with Gasteiger partial charge in [-0.1, -0.05) is 0 Å². The van der Waals surface area contributed by atoms with E-state index in [1.54, 1.807) is 4.90 Å². The number of anilines is 1. The van der Waals surface area contributed by atoms with Gasteiger partial charge in [-0.05, 0) is 19.3 Å². The molecule has 0 aromatic carbocycles. The number of nitrogens with zero attached hydrogens (tertiary/aromatic N) is 4. The van der Waals surface area contributed by atoms with E-state index in [0.717, 1.165) is 19.1 Å². The molecule has 7 heteroatoms. The van der Waals surface area contributed by atoms with Crippen molar-refractivity contribution >= 4 is 17.8 Å². The van der Waals surface area contributed by atoms with Crippen LogP contribution in [0.25, 0.3) is 0 Å². The van der Waals surface area contributed by atoms with E-state index < -0.39 is 4.92 Å². The Bertz CT molecular complexity index is 552. The van der Waals surface area contributed by atoms with Gasteiger partial charge in [0.15, 0.2) is 0 Å². The minimum absolute atomic E-state index is 0.134. The molecular formula is C12H12N4O3. The fourth-order valence-corrected chi connectivity index (χ4v) is 2.22. The second kappa shape index (κ2) is 5.44. The van der Waals surface area contributed by atoms with E-state index >= 15 is 0 Å². The van der Waals surface area contributed by atoms with Crippen molar-refractivity contribution in [2.75, 3.05) is 11.4 Å². The number of pyridine rings is 1. The smallest absolute Gasteiger partial charge is 0.312 e. The molecule has 1 aliphatic rings. The summed E-state index contributed by atoms with van der Waals surface area (Å²) >= 11 is 0. The molecule has 1 aromatic rings. The Morgan fingerprint density at radius 1 is 1.58 bits per heavy atom. The Morgan fingerprint density at radius 3 is 3.00 bits per heavy atom. The van der Waals surface area contributed by atoms with E-state index in [-0.39, 0.29) is 23.1 Å². The summed E-state index contributed by atoms with van der Waals surface area (Å²) in [6.07, 6.45) is 4.54. The van der Waals surface area contributed by atoms with Gasteiger partial charge in [0.1, 0.15) is 12.4 Å². The van der Waals surface area contributed by atoms with Gasteiger partial charge in [0.25, 0.3) is 0 Å². The number of rotatable bonds is 3. The number of nitriles is 1. The predicted molar refractivity (Wildman–Crippen MR) is 66.7 cm³/mol. The van der Waals surface area contributed by atoms with E-state index in [0.29, 0.717) is 13.0 Å². The van der Waals surface area contributed by atoms with Crippen LogP contribution in [-0.2, 0) is 4.79 Å². The quantitative estimate of drug-likeness (QED) is 0.463. The minimum atomic E-state index is -0.570. The number of piperidine rings is 1. The van der Waals surface area contributed by atoms with Crippen LogP contribution < -0.4 is 4.90 Å². The molecule has 1 saturated heterocycles. The van der Waals surface area contributed by atoms with Crippen LogP contribution in [-0.4, -0.2) is 28.8 Å². The summed E-state index contributed by atoms with van der Waals surface area (Å²) in [5, 5.41) is 19.8. The number of hydrogen-bond donors (Lipinski definition) is 0. The third-order valence-corrected chi connectivity index (χ3v) is 3.15. The van der Waals surface area contributed by atoms with Crippen molar-refractivity contribution in [1.29, 1.82) is 5.26 Å². The van der Waals surface area contributed by atoms with Gasteiger partial charge in [-0.25, -0.2) is 4.98 Å². The molecule has 1 aromatic heterocycles. The van der Waals surface area contributed by atoms with E-state index in [1.807, 2.05) is 6.07 Å². The summed E-state index contributed by atoms with van der Waals surface area (Å²) in [5.41, 5.74) is -0.0945. The van der Waals surface area contributed by atoms with Gasteiger partial charge >= 0.3 is 5.69 Å². The molecule has 7 nitrogen and oxygen atoms in total. The number of aldehydes is 1. The van der Waals surface area contributed by atoms with Crippen molar-refractivity contribution in [3.63, 3.8) is 0 Å². The standard InChI is InChI=1S/C12H12N4O3/c13-6-9-5-11(16(18)19)12(14-7-9)15-4-2-1-3-10(15)8-17/h5,7-8,10H,1-4H2. The van der Waals surface area contributed by atoms with Crippen LogP contribution in [0.2, 0.25) is 0 Å². The number of carbonyl (C=O) groups is 1. The third-order valence-electron chi connectivity index (χ3n) is 3.15. The lowest BCUT2D eigenvalue weighted by Gasteiger charge is -2.32. The molecule has 19 heavy (non-hydrogen) atoms. The molecule has 1 atom stereocenters. The average Bonchev–Trinajstić information content (AvgIpc) is 2.46. The maximum Gasteiger partial charge on any atom is 0.312 e. The first-order chi connectivity index (χ1) is 9.17. The van der Waals surface area contributed by atoms with Crippen LogP contribution in [0.4, 0.5) is 11.5 Å². The first-order valence-electron chi connectivity index (χ1n) is 5.94. The third kappa shape index (κ3) is 2.52. The summed E-state index contributed by atoms with van der Waals surface area (Å²) < 4.78 is 0. The molecule has 0 saturated carbocycles. The van der Waals surface area contributed by atoms with Crippen LogP contribution >= 0.6 is 0 Å². The van der Waals surface area contributed by atoms with Gasteiger partial charge in [-0.15, -0.1) is 0 Å². The zero-order valence-electron chi connectivity index (χ0n) is 10.2. The Morgan fingerprint density at radius 2 is 2.37 bits per heavy atom. The summed E-state index contributed by atoms with van der Waals surface area (Å²) in [7, 11) is 0. The highest BCUT2D eigenvalue weighted by molar-refractivity contribution is 5.70. The summed E-state index contributed by atoms with van der Waals surface area (Å²) in [6.45, 7) is 0.559. The zero-order valence-corrected chi connectivity index (χ0v) is 10.2. The van der Waals surface area contributed by atoms with Crippen LogP contribution in [0.1, 0.15) is 24.8 Å². The number of nitro groups is 1. The topological polar surface area (TPSA) is 100 Å². The summed E-state index contributed by atoms with van der Waals surface area (Å²) in [5.74, 6) is 0.167. The molecular weight excluding hydrogens is 248 g/mol. The molecule has 1 aliphatic heterocycles. The van der Waals surface area contributed by atoms with Crippen LogP contribution in [0, 0.1) is 21.4 Å². The van der Waals surface area contributed by atoms with Gasteiger partial charge < -0.3 is 9.69 Å². The molecule has 0 N–H and O–H groups in total. The Hall–Kier alpha value is -2.49. The van der Waals surface area contributed by atoms with Crippen molar-refractivity contribution in [3.05, 3.63) is 27.9 Å². The van der Waals surface area contributed by atoms with Gasteiger partial charge in [-0.2, -0.15) is 5.26 Å². The van der Waals surface area contributed by atoms with E-state index in [4.69, 9.17) is 5.26 Å². The maximum absolute atomic E-state index is 11.1. The van der Waals surface area contributed by atoms with Crippen molar-refractivity contribution in [1.82, 2.24) is 4.98 Å². The summed E-state index contributed by atoms with van der Waals surface area (Å²) in [4.78, 5) is 27.2. The van der Waals surface area contributed by atoms with Gasteiger partial charge in [-0.3, -0.25) is 10.1 Å². The second-order valence-corrected chi connectivity index (χ2v) is 4.33. The van der Waals surface area contributed by atoms with Crippen LogP contribution in [0.3, 0.4) is 0 Å². The van der Waals surface area contributed by atoms with Crippen molar-refractivity contribution < 1.29 is 9.72 Å². The molecule has 1 unspecified atom stereocenters. The Labute approximate surface area is 109 Å². The van der Waals surface area contributed by atoms with Gasteiger partial charge in [0, 0.05) is 18.8 Å². The highest BCUT2D eigenvalue weighted by atomic mass is 16.6. The Kier molecular flexibility index (Phi) is 3.71.